The number of amides is 6. The number of imide groups is 2. The fraction of sp³-hybridized carbons (Fsp3) is 0.312. The number of anilines is 1. The van der Waals surface area contributed by atoms with Gasteiger partial charge in [-0.05, 0) is 25.0 Å². The fourth-order valence-corrected chi connectivity index (χ4v) is 2.33. The summed E-state index contributed by atoms with van der Waals surface area (Å²) in [6, 6.07) is 4.69. The van der Waals surface area contributed by atoms with Crippen LogP contribution in [0.25, 0.3) is 0 Å². The summed E-state index contributed by atoms with van der Waals surface area (Å²) in [5.41, 5.74) is 2.43. The smallest absolute Gasteiger partial charge is 0.334 e. The zero-order chi connectivity index (χ0) is 18.7. The quantitative estimate of drug-likeness (QED) is 0.565. The lowest BCUT2D eigenvalue weighted by atomic mass is 10.1. The summed E-state index contributed by atoms with van der Waals surface area (Å²) in [6.07, 6.45) is 0. The second kappa shape index (κ2) is 7.12. The van der Waals surface area contributed by atoms with Crippen molar-refractivity contribution in [3.05, 3.63) is 29.3 Å². The summed E-state index contributed by atoms with van der Waals surface area (Å²) < 4.78 is 0. The molecule has 1 aliphatic heterocycles. The van der Waals surface area contributed by atoms with Gasteiger partial charge in [0.25, 0.3) is 0 Å². The highest BCUT2D eigenvalue weighted by Crippen LogP contribution is 2.19. The number of urea groups is 1. The summed E-state index contributed by atoms with van der Waals surface area (Å²) >= 11 is 0. The molecule has 25 heavy (non-hydrogen) atoms. The molecule has 6 amide bonds. The molecule has 0 atom stereocenters. The molecule has 1 saturated heterocycles. The van der Waals surface area contributed by atoms with Gasteiger partial charge in [-0.15, -0.1) is 0 Å². The Morgan fingerprint density at radius 2 is 1.60 bits per heavy atom. The van der Waals surface area contributed by atoms with E-state index < -0.39 is 36.2 Å². The van der Waals surface area contributed by atoms with Crippen LogP contribution in [0, 0.1) is 13.8 Å². The third-order valence-corrected chi connectivity index (χ3v) is 3.74. The maximum Gasteiger partial charge on any atom is 0.334 e. The van der Waals surface area contributed by atoms with Crippen molar-refractivity contribution in [1.29, 1.82) is 0 Å². The number of likely N-dealkylation sites (N-methyl/N-ethyl adjacent to an activating group) is 1. The van der Waals surface area contributed by atoms with Crippen LogP contribution in [0.1, 0.15) is 11.1 Å². The van der Waals surface area contributed by atoms with E-state index in [1.54, 1.807) is 0 Å². The number of aryl methyl sites for hydroxylation is 2. The highest BCUT2D eigenvalue weighted by atomic mass is 16.2. The first kappa shape index (κ1) is 18.1. The molecule has 0 aromatic heterocycles. The maximum atomic E-state index is 12.0. The Balaban J connectivity index is 1.88. The van der Waals surface area contributed by atoms with Gasteiger partial charge >= 0.3 is 17.8 Å². The molecule has 1 heterocycles. The standard InChI is InChI=1S/C16H18N4O5/c1-9-5-4-6-10(2)13(9)18-11(21)7-17-12(22)8-20-15(24)14(23)19(3)16(20)25/h4-6H,7-8H2,1-3H3,(H,17,22)(H,18,21). The zero-order valence-electron chi connectivity index (χ0n) is 14.1. The molecule has 9 heteroatoms. The Labute approximate surface area is 144 Å². The van der Waals surface area contributed by atoms with Crippen molar-refractivity contribution in [3.8, 4) is 0 Å². The van der Waals surface area contributed by atoms with Crippen LogP contribution >= 0.6 is 0 Å². The number of benzene rings is 1. The van der Waals surface area contributed by atoms with Crippen LogP contribution in [0.15, 0.2) is 18.2 Å². The van der Waals surface area contributed by atoms with Crippen molar-refractivity contribution < 1.29 is 24.0 Å². The Kier molecular flexibility index (Phi) is 5.16. The van der Waals surface area contributed by atoms with Gasteiger partial charge < -0.3 is 10.6 Å². The normalized spacial score (nSPS) is 14.1. The van der Waals surface area contributed by atoms with Crippen molar-refractivity contribution in [2.24, 2.45) is 0 Å². The summed E-state index contributed by atoms with van der Waals surface area (Å²) in [5, 5.41) is 5.01. The van der Waals surface area contributed by atoms with Crippen molar-refractivity contribution in [2.45, 2.75) is 13.8 Å². The maximum absolute atomic E-state index is 12.0. The van der Waals surface area contributed by atoms with E-state index in [0.29, 0.717) is 15.5 Å². The summed E-state index contributed by atoms with van der Waals surface area (Å²) in [6.45, 7) is 2.75. The number of carbonyl (C=O) groups excluding carboxylic acids is 5. The van der Waals surface area contributed by atoms with Gasteiger partial charge in [0.2, 0.25) is 11.8 Å². The van der Waals surface area contributed by atoms with E-state index >= 15 is 0 Å². The summed E-state index contributed by atoms with van der Waals surface area (Å²) in [5.74, 6) is -3.23. The summed E-state index contributed by atoms with van der Waals surface area (Å²) in [7, 11) is 1.15. The molecule has 1 fully saturated rings. The average Bonchev–Trinajstić information content (AvgIpc) is 2.74. The number of nitrogens with zero attached hydrogens (tertiary/aromatic N) is 2. The minimum atomic E-state index is -1.07. The van der Waals surface area contributed by atoms with E-state index in [0.717, 1.165) is 18.2 Å². The van der Waals surface area contributed by atoms with Crippen molar-refractivity contribution in [1.82, 2.24) is 15.1 Å². The highest BCUT2D eigenvalue weighted by Gasteiger charge is 2.42. The molecule has 1 aromatic carbocycles. The third kappa shape index (κ3) is 3.82. The van der Waals surface area contributed by atoms with Gasteiger partial charge in [0.1, 0.15) is 6.54 Å². The van der Waals surface area contributed by atoms with Crippen molar-refractivity contribution >= 4 is 35.3 Å². The van der Waals surface area contributed by atoms with Crippen LogP contribution in [0.4, 0.5) is 10.5 Å². The Morgan fingerprint density at radius 1 is 1.00 bits per heavy atom. The molecule has 0 unspecified atom stereocenters. The number of rotatable bonds is 5. The first-order valence-electron chi connectivity index (χ1n) is 7.48. The van der Waals surface area contributed by atoms with E-state index in [4.69, 9.17) is 0 Å². The SMILES string of the molecule is Cc1cccc(C)c1NC(=O)CNC(=O)CN1C(=O)C(=O)N(C)C1=O. The molecule has 0 radical (unpaired) electrons. The van der Waals surface area contributed by atoms with E-state index in [1.165, 1.54) is 0 Å². The van der Waals surface area contributed by atoms with Crippen LogP contribution < -0.4 is 10.6 Å². The topological polar surface area (TPSA) is 116 Å². The largest absolute Gasteiger partial charge is 0.345 e. The van der Waals surface area contributed by atoms with E-state index in [2.05, 4.69) is 10.6 Å². The molecular weight excluding hydrogens is 328 g/mol. The van der Waals surface area contributed by atoms with E-state index in [9.17, 15) is 24.0 Å². The van der Waals surface area contributed by atoms with Crippen molar-refractivity contribution in [2.75, 3.05) is 25.5 Å². The molecule has 132 valence electrons. The predicted molar refractivity (Wildman–Crippen MR) is 87.4 cm³/mol. The molecule has 0 saturated carbocycles. The Morgan fingerprint density at radius 3 is 2.12 bits per heavy atom. The van der Waals surface area contributed by atoms with E-state index in [-0.39, 0.29) is 6.54 Å². The molecular formula is C16H18N4O5. The van der Waals surface area contributed by atoms with Gasteiger partial charge in [0.15, 0.2) is 0 Å². The van der Waals surface area contributed by atoms with Gasteiger partial charge in [0, 0.05) is 12.7 Å². The molecule has 9 nitrogen and oxygen atoms in total. The predicted octanol–water partition coefficient (Wildman–Crippen LogP) is -0.221. The van der Waals surface area contributed by atoms with Gasteiger partial charge in [-0.1, -0.05) is 18.2 Å². The number of nitrogens with one attached hydrogen (secondary N) is 2. The lowest BCUT2D eigenvalue weighted by molar-refractivity contribution is -0.143. The molecule has 1 aliphatic rings. The van der Waals surface area contributed by atoms with Crippen LogP contribution in [0.5, 0.6) is 0 Å². The Hall–Kier alpha value is -3.23. The first-order chi connectivity index (χ1) is 11.7. The number of para-hydroxylation sites is 1. The number of hydrogen-bond donors (Lipinski definition) is 2. The summed E-state index contributed by atoms with van der Waals surface area (Å²) in [4.78, 5) is 59.5. The van der Waals surface area contributed by atoms with E-state index in [1.807, 2.05) is 32.0 Å². The number of hydrogen-bond acceptors (Lipinski definition) is 5. The fourth-order valence-electron chi connectivity index (χ4n) is 2.33. The lowest BCUT2D eigenvalue weighted by Gasteiger charge is -2.14. The lowest BCUT2D eigenvalue weighted by Crippen LogP contribution is -2.43. The monoisotopic (exact) mass is 346 g/mol. The third-order valence-electron chi connectivity index (χ3n) is 3.74. The van der Waals surface area contributed by atoms with Crippen molar-refractivity contribution in [3.63, 3.8) is 0 Å². The molecule has 0 aliphatic carbocycles. The zero-order valence-corrected chi connectivity index (χ0v) is 14.1. The Bertz CT molecular complexity index is 754. The minimum Gasteiger partial charge on any atom is -0.345 e. The molecule has 1 aromatic rings. The molecule has 0 bridgehead atoms. The molecule has 0 spiro atoms. The minimum absolute atomic E-state index is 0.327. The first-order valence-corrected chi connectivity index (χ1v) is 7.48. The van der Waals surface area contributed by atoms with Crippen LogP contribution in [0.2, 0.25) is 0 Å². The molecule has 2 rings (SSSR count). The van der Waals surface area contributed by atoms with Crippen LogP contribution in [0.3, 0.4) is 0 Å². The number of carbonyl (C=O) groups is 5. The van der Waals surface area contributed by atoms with Gasteiger partial charge in [-0.3, -0.25) is 24.1 Å². The van der Waals surface area contributed by atoms with Crippen LogP contribution in [-0.4, -0.2) is 59.6 Å². The second-order valence-electron chi connectivity index (χ2n) is 5.63. The van der Waals surface area contributed by atoms with Gasteiger partial charge in [-0.2, -0.15) is 0 Å². The highest BCUT2D eigenvalue weighted by molar-refractivity contribution is 6.44. The molecule has 2 N–H and O–H groups in total. The van der Waals surface area contributed by atoms with Gasteiger partial charge in [0.05, 0.1) is 6.54 Å². The van der Waals surface area contributed by atoms with Crippen LogP contribution in [-0.2, 0) is 19.2 Å². The second-order valence-corrected chi connectivity index (χ2v) is 5.63. The average molecular weight is 346 g/mol. The van der Waals surface area contributed by atoms with Gasteiger partial charge in [-0.25, -0.2) is 9.69 Å².